The topological polar surface area (TPSA) is 57.1 Å². The largest absolute Gasteiger partial charge is 0.493 e. The molecule has 0 spiro atoms. The van der Waals surface area contributed by atoms with Gasteiger partial charge in [0.2, 0.25) is 5.90 Å². The van der Waals surface area contributed by atoms with Crippen molar-refractivity contribution >= 4 is 44.6 Å². The predicted molar refractivity (Wildman–Crippen MR) is 126 cm³/mol. The Hall–Kier alpha value is -3.38. The van der Waals surface area contributed by atoms with Crippen LogP contribution >= 0.6 is 15.9 Å². The number of ether oxygens (including phenoxy) is 3. The van der Waals surface area contributed by atoms with E-state index in [2.05, 4.69) is 27.5 Å². The molecule has 0 radical (unpaired) electrons. The predicted octanol–water partition coefficient (Wildman–Crippen LogP) is 5.91. The molecule has 0 amide bonds. The Morgan fingerprint density at radius 3 is 2.68 bits per heavy atom. The SMILES string of the molecule is C=C(C)COc1c(Br)cc(/C=C2\N=C(c3ccc4ccccc4c3)OC2=O)cc1OC. The molecule has 5 nitrogen and oxygen atoms in total. The number of cyclic esters (lactones) is 1. The van der Waals surface area contributed by atoms with Gasteiger partial charge in [-0.3, -0.25) is 0 Å². The number of carbonyl (C=O) groups excluding carboxylic acids is 1. The third kappa shape index (κ3) is 4.54. The highest BCUT2D eigenvalue weighted by molar-refractivity contribution is 9.10. The highest BCUT2D eigenvalue weighted by Gasteiger charge is 2.24. The number of methoxy groups -OCH3 is 1. The number of hydrogen-bond acceptors (Lipinski definition) is 5. The van der Waals surface area contributed by atoms with Crippen molar-refractivity contribution in [3.63, 3.8) is 0 Å². The minimum Gasteiger partial charge on any atom is -0.493 e. The molecular weight excluding hydrogens is 458 g/mol. The summed E-state index contributed by atoms with van der Waals surface area (Å²) in [5.41, 5.74) is 2.58. The van der Waals surface area contributed by atoms with Gasteiger partial charge in [0.1, 0.15) is 6.61 Å². The molecule has 1 aliphatic rings. The maximum absolute atomic E-state index is 12.4. The van der Waals surface area contributed by atoms with Gasteiger partial charge in [-0.1, -0.05) is 36.9 Å². The molecule has 0 aromatic heterocycles. The van der Waals surface area contributed by atoms with Gasteiger partial charge in [0, 0.05) is 5.56 Å². The Morgan fingerprint density at radius 1 is 1.16 bits per heavy atom. The Bertz CT molecular complexity index is 1260. The summed E-state index contributed by atoms with van der Waals surface area (Å²) in [5.74, 6) is 0.893. The van der Waals surface area contributed by atoms with Crippen molar-refractivity contribution in [2.75, 3.05) is 13.7 Å². The maximum Gasteiger partial charge on any atom is 0.363 e. The van der Waals surface area contributed by atoms with Crippen molar-refractivity contribution in [1.82, 2.24) is 0 Å². The van der Waals surface area contributed by atoms with E-state index in [0.29, 0.717) is 22.6 Å². The first kappa shape index (κ1) is 20.9. The van der Waals surface area contributed by atoms with Gasteiger partial charge < -0.3 is 14.2 Å². The van der Waals surface area contributed by atoms with Crippen LogP contribution in [0.5, 0.6) is 11.5 Å². The third-order valence-corrected chi connectivity index (χ3v) is 5.22. The number of benzene rings is 3. The van der Waals surface area contributed by atoms with Crippen LogP contribution in [-0.2, 0) is 9.53 Å². The minimum atomic E-state index is -0.499. The highest BCUT2D eigenvalue weighted by Crippen LogP contribution is 2.37. The van der Waals surface area contributed by atoms with E-state index in [0.717, 1.165) is 27.5 Å². The first-order chi connectivity index (χ1) is 14.9. The van der Waals surface area contributed by atoms with Gasteiger partial charge in [0.15, 0.2) is 17.2 Å². The fraction of sp³-hybridized carbons (Fsp3) is 0.120. The summed E-state index contributed by atoms with van der Waals surface area (Å²) in [5, 5.41) is 2.16. The second-order valence-corrected chi connectivity index (χ2v) is 8.03. The number of nitrogens with zero attached hydrogens (tertiary/aromatic N) is 1. The van der Waals surface area contributed by atoms with Gasteiger partial charge >= 0.3 is 5.97 Å². The third-order valence-electron chi connectivity index (χ3n) is 4.63. The zero-order valence-corrected chi connectivity index (χ0v) is 18.7. The van der Waals surface area contributed by atoms with Crippen molar-refractivity contribution in [3.05, 3.63) is 88.0 Å². The van der Waals surface area contributed by atoms with Crippen LogP contribution in [-0.4, -0.2) is 25.6 Å². The molecule has 1 heterocycles. The summed E-state index contributed by atoms with van der Waals surface area (Å²) in [6.45, 7) is 6.10. The molecule has 3 aromatic carbocycles. The lowest BCUT2D eigenvalue weighted by Gasteiger charge is -2.13. The van der Waals surface area contributed by atoms with Crippen LogP contribution in [0.3, 0.4) is 0 Å². The van der Waals surface area contributed by atoms with Gasteiger partial charge in [-0.15, -0.1) is 0 Å². The molecule has 31 heavy (non-hydrogen) atoms. The molecule has 0 saturated heterocycles. The molecule has 156 valence electrons. The number of halogens is 1. The average molecular weight is 478 g/mol. The molecule has 0 unspecified atom stereocenters. The van der Waals surface area contributed by atoms with Gasteiger partial charge in [-0.05, 0) is 75.1 Å². The van der Waals surface area contributed by atoms with E-state index in [9.17, 15) is 4.79 Å². The molecule has 6 heteroatoms. The summed E-state index contributed by atoms with van der Waals surface area (Å²) < 4.78 is 17.3. The molecule has 3 aromatic rings. The van der Waals surface area contributed by atoms with E-state index in [1.165, 1.54) is 0 Å². The van der Waals surface area contributed by atoms with Crippen LogP contribution in [0.15, 0.2) is 81.9 Å². The molecule has 1 aliphatic heterocycles. The van der Waals surface area contributed by atoms with E-state index in [-0.39, 0.29) is 11.6 Å². The molecule has 0 N–H and O–H groups in total. The van der Waals surface area contributed by atoms with Crippen molar-refractivity contribution < 1.29 is 19.0 Å². The zero-order chi connectivity index (χ0) is 22.0. The van der Waals surface area contributed by atoms with Crippen LogP contribution < -0.4 is 9.47 Å². The van der Waals surface area contributed by atoms with E-state index < -0.39 is 5.97 Å². The van der Waals surface area contributed by atoms with Gasteiger partial charge in [0.25, 0.3) is 0 Å². The fourth-order valence-electron chi connectivity index (χ4n) is 3.17. The first-order valence-corrected chi connectivity index (χ1v) is 10.4. The number of carbonyl (C=O) groups is 1. The van der Waals surface area contributed by atoms with Gasteiger partial charge in [-0.25, -0.2) is 9.79 Å². The molecule has 0 aliphatic carbocycles. The average Bonchev–Trinajstić information content (AvgIpc) is 3.12. The summed E-state index contributed by atoms with van der Waals surface area (Å²) in [4.78, 5) is 16.8. The van der Waals surface area contributed by atoms with E-state index >= 15 is 0 Å². The van der Waals surface area contributed by atoms with Crippen molar-refractivity contribution in [2.24, 2.45) is 4.99 Å². The number of rotatable bonds is 6. The summed E-state index contributed by atoms with van der Waals surface area (Å²) in [7, 11) is 1.56. The van der Waals surface area contributed by atoms with Crippen LogP contribution in [0.25, 0.3) is 16.8 Å². The molecule has 0 fully saturated rings. The Labute approximate surface area is 188 Å². The molecule has 0 saturated carbocycles. The maximum atomic E-state index is 12.4. The molecular formula is C25H20BrNO4. The number of hydrogen-bond donors (Lipinski definition) is 0. The Kier molecular flexibility index (Phi) is 5.91. The zero-order valence-electron chi connectivity index (χ0n) is 17.1. The van der Waals surface area contributed by atoms with Crippen molar-refractivity contribution in [1.29, 1.82) is 0 Å². The van der Waals surface area contributed by atoms with Crippen LogP contribution in [0.2, 0.25) is 0 Å². The summed E-state index contributed by atoms with van der Waals surface area (Å²) >= 11 is 3.51. The molecule has 4 rings (SSSR count). The second kappa shape index (κ2) is 8.78. The van der Waals surface area contributed by atoms with E-state index in [1.807, 2.05) is 55.5 Å². The summed E-state index contributed by atoms with van der Waals surface area (Å²) in [6, 6.07) is 17.4. The lowest BCUT2D eigenvalue weighted by atomic mass is 10.1. The molecule has 0 bridgehead atoms. The summed E-state index contributed by atoms with van der Waals surface area (Å²) in [6.07, 6.45) is 1.66. The normalized spacial score (nSPS) is 14.5. The lowest BCUT2D eigenvalue weighted by Crippen LogP contribution is -2.05. The number of fused-ring (bicyclic) bond motifs is 1. The smallest absolute Gasteiger partial charge is 0.363 e. The fourth-order valence-corrected chi connectivity index (χ4v) is 3.75. The first-order valence-electron chi connectivity index (χ1n) is 9.61. The monoisotopic (exact) mass is 477 g/mol. The number of esters is 1. The Balaban J connectivity index is 1.66. The number of aliphatic imine (C=N–C) groups is 1. The van der Waals surface area contributed by atoms with Crippen LogP contribution in [0, 0.1) is 0 Å². The van der Waals surface area contributed by atoms with Crippen LogP contribution in [0.1, 0.15) is 18.1 Å². The second-order valence-electron chi connectivity index (χ2n) is 7.18. The van der Waals surface area contributed by atoms with Crippen LogP contribution in [0.4, 0.5) is 0 Å². The van der Waals surface area contributed by atoms with Gasteiger partial charge in [0.05, 0.1) is 11.6 Å². The molecule has 0 atom stereocenters. The van der Waals surface area contributed by atoms with Crippen molar-refractivity contribution in [3.8, 4) is 11.5 Å². The highest BCUT2D eigenvalue weighted by atomic mass is 79.9. The van der Waals surface area contributed by atoms with Gasteiger partial charge in [-0.2, -0.15) is 0 Å². The minimum absolute atomic E-state index is 0.215. The van der Waals surface area contributed by atoms with Crippen molar-refractivity contribution in [2.45, 2.75) is 6.92 Å². The quantitative estimate of drug-likeness (QED) is 0.251. The van der Waals surface area contributed by atoms with E-state index in [4.69, 9.17) is 14.2 Å². The van der Waals surface area contributed by atoms with E-state index in [1.54, 1.807) is 19.3 Å². The Morgan fingerprint density at radius 2 is 1.94 bits per heavy atom. The lowest BCUT2D eigenvalue weighted by molar-refractivity contribution is -0.129. The standard InChI is InChI=1S/C25H20BrNO4/c1-15(2)14-30-23-20(26)10-16(12-22(23)29-3)11-21-25(28)31-24(27-21)19-9-8-17-6-4-5-7-18(17)13-19/h4-13H,1,14H2,2-3H3/b21-11-.